The summed E-state index contributed by atoms with van der Waals surface area (Å²) < 4.78 is 22.2. The zero-order chi connectivity index (χ0) is 24.9. The van der Waals surface area contributed by atoms with Crippen LogP contribution in [0.15, 0.2) is 65.3 Å². The maximum absolute atomic E-state index is 13.7. The van der Waals surface area contributed by atoms with Gasteiger partial charge in [-0.1, -0.05) is 17.7 Å². The van der Waals surface area contributed by atoms with Gasteiger partial charge >= 0.3 is 0 Å². The summed E-state index contributed by atoms with van der Waals surface area (Å²) in [6.07, 6.45) is 3.27. The van der Waals surface area contributed by atoms with Crippen molar-refractivity contribution in [2.75, 3.05) is 26.5 Å². The lowest BCUT2D eigenvalue weighted by Crippen LogP contribution is -2.45. The molecule has 0 radical (unpaired) electrons. The van der Waals surface area contributed by atoms with Gasteiger partial charge < -0.3 is 28.4 Å². The van der Waals surface area contributed by atoms with Gasteiger partial charge in [0.1, 0.15) is 12.3 Å². The molecule has 1 saturated heterocycles. The Hall–Kier alpha value is -3.49. The molecule has 2 aromatic carbocycles. The smallest absolute Gasteiger partial charge is 0.254 e. The molecule has 1 aromatic heterocycles. The fourth-order valence-electron chi connectivity index (χ4n) is 4.37. The quantitative estimate of drug-likeness (QED) is 0.421. The van der Waals surface area contributed by atoms with Crippen molar-refractivity contribution in [2.45, 2.75) is 32.0 Å². The van der Waals surface area contributed by atoms with E-state index in [9.17, 15) is 9.59 Å². The first-order valence-corrected chi connectivity index (χ1v) is 12.3. The van der Waals surface area contributed by atoms with E-state index in [1.54, 1.807) is 46.4 Å². The number of ether oxygens (including phenoxy) is 3. The zero-order valence-electron chi connectivity index (χ0n) is 19.7. The van der Waals surface area contributed by atoms with Crippen molar-refractivity contribution >= 4 is 23.4 Å². The van der Waals surface area contributed by atoms with E-state index in [1.165, 1.54) is 0 Å². The number of rotatable bonds is 9. The van der Waals surface area contributed by atoms with Crippen LogP contribution in [0.2, 0.25) is 5.02 Å². The molecule has 2 aliphatic rings. The van der Waals surface area contributed by atoms with Crippen molar-refractivity contribution in [3.05, 3.63) is 82.8 Å². The number of carbonyl (C=O) groups excluding carboxylic acids is 2. The lowest BCUT2D eigenvalue weighted by atomic mass is 10.1. The van der Waals surface area contributed by atoms with Crippen LogP contribution < -0.4 is 9.47 Å². The highest BCUT2D eigenvalue weighted by Crippen LogP contribution is 2.33. The summed E-state index contributed by atoms with van der Waals surface area (Å²) in [7, 11) is 0. The van der Waals surface area contributed by atoms with Crippen molar-refractivity contribution in [1.29, 1.82) is 0 Å². The highest BCUT2D eigenvalue weighted by molar-refractivity contribution is 6.30. The SMILES string of the molecule is O=C(CN(CC1CCCO1)C(=O)c1ccc(Cl)cc1)N(Cc1ccc2c(c1)OCO2)Cc1ccco1. The second-order valence-electron chi connectivity index (χ2n) is 8.84. The highest BCUT2D eigenvalue weighted by atomic mass is 35.5. The fraction of sp³-hybridized carbons (Fsp3) is 0.333. The molecule has 5 rings (SSSR count). The topological polar surface area (TPSA) is 81.5 Å². The van der Waals surface area contributed by atoms with Gasteiger partial charge in [0, 0.05) is 30.3 Å². The van der Waals surface area contributed by atoms with E-state index in [1.807, 2.05) is 24.3 Å². The molecule has 0 N–H and O–H groups in total. The predicted molar refractivity (Wildman–Crippen MR) is 132 cm³/mol. The Balaban J connectivity index is 1.36. The van der Waals surface area contributed by atoms with Gasteiger partial charge in [0.2, 0.25) is 12.7 Å². The van der Waals surface area contributed by atoms with Crippen molar-refractivity contribution in [3.8, 4) is 11.5 Å². The van der Waals surface area contributed by atoms with Crippen LogP contribution in [-0.2, 0) is 22.6 Å². The van der Waals surface area contributed by atoms with Gasteiger partial charge in [-0.05, 0) is 66.9 Å². The second-order valence-corrected chi connectivity index (χ2v) is 9.28. The average molecular weight is 511 g/mol. The van der Waals surface area contributed by atoms with Crippen molar-refractivity contribution in [1.82, 2.24) is 9.80 Å². The van der Waals surface area contributed by atoms with Gasteiger partial charge in [-0.3, -0.25) is 9.59 Å². The van der Waals surface area contributed by atoms with Crippen LogP contribution in [0.3, 0.4) is 0 Å². The first kappa shape index (κ1) is 24.2. The van der Waals surface area contributed by atoms with Crippen LogP contribution in [-0.4, -0.2) is 54.2 Å². The summed E-state index contributed by atoms with van der Waals surface area (Å²) in [5.74, 6) is 1.54. The molecule has 36 heavy (non-hydrogen) atoms. The van der Waals surface area contributed by atoms with E-state index in [-0.39, 0.29) is 37.8 Å². The molecule has 1 unspecified atom stereocenters. The molecule has 0 aliphatic carbocycles. The molecule has 0 saturated carbocycles. The fourth-order valence-corrected chi connectivity index (χ4v) is 4.50. The van der Waals surface area contributed by atoms with Gasteiger partial charge in [-0.15, -0.1) is 0 Å². The summed E-state index contributed by atoms with van der Waals surface area (Å²) in [6, 6.07) is 15.9. The maximum Gasteiger partial charge on any atom is 0.254 e. The van der Waals surface area contributed by atoms with Gasteiger partial charge in [-0.2, -0.15) is 0 Å². The molecule has 0 bridgehead atoms. The van der Waals surface area contributed by atoms with Crippen molar-refractivity contribution < 1.29 is 28.2 Å². The minimum Gasteiger partial charge on any atom is -0.467 e. The third-order valence-corrected chi connectivity index (χ3v) is 6.49. The molecular formula is C27H27ClN2O6. The summed E-state index contributed by atoms with van der Waals surface area (Å²) in [5.41, 5.74) is 1.35. The molecule has 9 heteroatoms. The number of hydrogen-bond acceptors (Lipinski definition) is 6. The molecule has 8 nitrogen and oxygen atoms in total. The van der Waals surface area contributed by atoms with Crippen LogP contribution in [0.25, 0.3) is 0 Å². The lowest BCUT2D eigenvalue weighted by Gasteiger charge is -2.29. The number of fused-ring (bicyclic) bond motifs is 1. The third kappa shape index (κ3) is 5.83. The number of benzene rings is 2. The summed E-state index contributed by atoms with van der Waals surface area (Å²) >= 11 is 6.01. The van der Waals surface area contributed by atoms with Crippen LogP contribution in [0, 0.1) is 0 Å². The van der Waals surface area contributed by atoms with Crippen LogP contribution in [0.5, 0.6) is 11.5 Å². The Morgan fingerprint density at radius 1 is 0.972 bits per heavy atom. The molecule has 1 atom stereocenters. The molecular weight excluding hydrogens is 484 g/mol. The third-order valence-electron chi connectivity index (χ3n) is 6.24. The van der Waals surface area contributed by atoms with Crippen molar-refractivity contribution in [2.24, 2.45) is 0 Å². The standard InChI is InChI=1S/C27H27ClN2O6/c28-21-8-6-20(7-9-21)27(32)30(16-23-4-2-12-34-23)17-26(31)29(15-22-3-1-11-33-22)14-19-5-10-24-25(13-19)36-18-35-24/h1,3,5-11,13,23H,2,4,12,14-18H2. The first-order chi connectivity index (χ1) is 17.5. The molecule has 1 fully saturated rings. The Morgan fingerprint density at radius 3 is 2.56 bits per heavy atom. The Kier molecular flexibility index (Phi) is 7.44. The monoisotopic (exact) mass is 510 g/mol. The van der Waals surface area contributed by atoms with E-state index in [0.29, 0.717) is 47.5 Å². The summed E-state index contributed by atoms with van der Waals surface area (Å²) in [4.78, 5) is 30.3. The number of halogens is 1. The number of nitrogens with zero attached hydrogens (tertiary/aromatic N) is 2. The Labute approximate surface area is 214 Å². The van der Waals surface area contributed by atoms with Crippen molar-refractivity contribution in [3.63, 3.8) is 0 Å². The highest BCUT2D eigenvalue weighted by Gasteiger charge is 2.28. The van der Waals surface area contributed by atoms with Gasteiger partial charge in [0.05, 0.1) is 18.9 Å². The molecule has 3 aromatic rings. The second kappa shape index (κ2) is 11.1. The lowest BCUT2D eigenvalue weighted by molar-refractivity contribution is -0.133. The normalized spacial score (nSPS) is 16.2. The molecule has 2 aliphatic heterocycles. The minimum absolute atomic E-state index is 0.0907. The number of amides is 2. The Morgan fingerprint density at radius 2 is 1.81 bits per heavy atom. The van der Waals surface area contributed by atoms with Crippen LogP contribution >= 0.6 is 11.6 Å². The van der Waals surface area contributed by atoms with E-state index in [2.05, 4.69) is 0 Å². The molecule has 188 valence electrons. The van der Waals surface area contributed by atoms with Gasteiger partial charge in [0.15, 0.2) is 11.5 Å². The summed E-state index contributed by atoms with van der Waals surface area (Å²) in [6.45, 7) is 1.68. The number of furan rings is 1. The summed E-state index contributed by atoms with van der Waals surface area (Å²) in [5, 5.41) is 0.543. The van der Waals surface area contributed by atoms with E-state index in [4.69, 9.17) is 30.2 Å². The molecule has 3 heterocycles. The van der Waals surface area contributed by atoms with E-state index >= 15 is 0 Å². The largest absolute Gasteiger partial charge is 0.467 e. The van der Waals surface area contributed by atoms with E-state index < -0.39 is 0 Å². The van der Waals surface area contributed by atoms with Crippen LogP contribution in [0.1, 0.15) is 34.5 Å². The first-order valence-electron chi connectivity index (χ1n) is 11.9. The molecule has 0 spiro atoms. The minimum atomic E-state index is -0.239. The van der Waals surface area contributed by atoms with E-state index in [0.717, 1.165) is 18.4 Å². The predicted octanol–water partition coefficient (Wildman–Crippen LogP) is 4.51. The zero-order valence-corrected chi connectivity index (χ0v) is 20.5. The maximum atomic E-state index is 13.7. The number of carbonyl (C=O) groups is 2. The average Bonchev–Trinajstić information content (AvgIpc) is 3.66. The molecule has 2 amide bonds. The van der Waals surface area contributed by atoms with Crippen LogP contribution in [0.4, 0.5) is 0 Å². The van der Waals surface area contributed by atoms with Gasteiger partial charge in [0.25, 0.3) is 5.91 Å². The number of hydrogen-bond donors (Lipinski definition) is 0. The van der Waals surface area contributed by atoms with Gasteiger partial charge in [-0.25, -0.2) is 0 Å². The Bertz CT molecular complexity index is 1190.